The van der Waals surface area contributed by atoms with Gasteiger partial charge in [-0.25, -0.2) is 4.98 Å². The van der Waals surface area contributed by atoms with E-state index < -0.39 is 17.8 Å². The number of amides is 1. The Hall–Kier alpha value is -2.90. The molecule has 0 bridgehead atoms. The molecule has 0 unspecified atom stereocenters. The van der Waals surface area contributed by atoms with Crippen molar-refractivity contribution in [1.29, 1.82) is 0 Å². The lowest BCUT2D eigenvalue weighted by Crippen LogP contribution is -2.14. The van der Waals surface area contributed by atoms with Crippen molar-refractivity contribution in [3.8, 4) is 0 Å². The van der Waals surface area contributed by atoms with Crippen LogP contribution >= 0.6 is 0 Å². The lowest BCUT2D eigenvalue weighted by atomic mass is 9.97. The predicted octanol–water partition coefficient (Wildman–Crippen LogP) is 4.79. The highest BCUT2D eigenvalue weighted by Gasteiger charge is 2.32. The lowest BCUT2D eigenvalue weighted by Gasteiger charge is -2.11. The van der Waals surface area contributed by atoms with Crippen molar-refractivity contribution in [2.75, 3.05) is 5.32 Å². The third kappa shape index (κ3) is 3.68. The number of aromatic nitrogens is 2. The number of fused-ring (bicyclic) bond motifs is 1. The van der Waals surface area contributed by atoms with Crippen LogP contribution < -0.4 is 5.32 Å². The first kappa shape index (κ1) is 17.9. The smallest absolute Gasteiger partial charge is 0.433 e. The van der Waals surface area contributed by atoms with Crippen LogP contribution in [-0.2, 0) is 11.6 Å². The minimum absolute atomic E-state index is 0.0219. The van der Waals surface area contributed by atoms with Gasteiger partial charge < -0.3 is 9.73 Å². The number of nitrogens with one attached hydrogen (secondary N) is 1. The van der Waals surface area contributed by atoms with Gasteiger partial charge in [-0.15, -0.1) is 0 Å². The summed E-state index contributed by atoms with van der Waals surface area (Å²) in [6.45, 7) is 5.91. The van der Waals surface area contributed by atoms with E-state index in [1.54, 1.807) is 18.2 Å². The Kier molecular flexibility index (Phi) is 4.21. The molecule has 1 aromatic carbocycles. The maximum atomic E-state index is 12.5. The number of halogens is 3. The Morgan fingerprint density at radius 2 is 1.85 bits per heavy atom. The number of anilines is 1. The standard InChI is InChI=1S/C18H16F3N3O2/c1-17(2,3)16-24-12-8-11(5-6-13(12)26-16)23-15(25)10-4-7-14(22-9-10)18(19,20)21/h4-9H,1-3H3,(H,23,25). The molecular weight excluding hydrogens is 347 g/mol. The number of carbonyl (C=O) groups is 1. The normalized spacial score (nSPS) is 12.4. The third-order valence-corrected chi connectivity index (χ3v) is 3.60. The Morgan fingerprint density at radius 3 is 2.42 bits per heavy atom. The van der Waals surface area contributed by atoms with Crippen LogP contribution in [0.4, 0.5) is 18.9 Å². The van der Waals surface area contributed by atoms with E-state index in [1.807, 2.05) is 20.8 Å². The third-order valence-electron chi connectivity index (χ3n) is 3.60. The van der Waals surface area contributed by atoms with Crippen molar-refractivity contribution >= 4 is 22.7 Å². The van der Waals surface area contributed by atoms with Crippen molar-refractivity contribution < 1.29 is 22.4 Å². The highest BCUT2D eigenvalue weighted by molar-refractivity contribution is 6.04. The molecular formula is C18H16F3N3O2. The molecule has 0 aliphatic rings. The van der Waals surface area contributed by atoms with Crippen molar-refractivity contribution in [3.63, 3.8) is 0 Å². The number of oxazole rings is 1. The second-order valence-corrected chi connectivity index (χ2v) is 6.84. The molecule has 2 aromatic heterocycles. The average Bonchev–Trinajstić information content (AvgIpc) is 2.98. The zero-order valence-electron chi connectivity index (χ0n) is 14.3. The van der Waals surface area contributed by atoms with Gasteiger partial charge in [0.25, 0.3) is 5.91 Å². The molecule has 1 amide bonds. The van der Waals surface area contributed by atoms with E-state index >= 15 is 0 Å². The van der Waals surface area contributed by atoms with Gasteiger partial charge in [0.05, 0.1) is 5.56 Å². The molecule has 26 heavy (non-hydrogen) atoms. The molecule has 0 aliphatic heterocycles. The van der Waals surface area contributed by atoms with Crippen LogP contribution in [-0.4, -0.2) is 15.9 Å². The van der Waals surface area contributed by atoms with E-state index in [2.05, 4.69) is 15.3 Å². The topological polar surface area (TPSA) is 68.0 Å². The van der Waals surface area contributed by atoms with Crippen LogP contribution in [0.25, 0.3) is 11.1 Å². The fourth-order valence-corrected chi connectivity index (χ4v) is 2.23. The number of rotatable bonds is 2. The van der Waals surface area contributed by atoms with Crippen molar-refractivity contribution in [1.82, 2.24) is 9.97 Å². The van der Waals surface area contributed by atoms with E-state index in [0.717, 1.165) is 18.3 Å². The highest BCUT2D eigenvalue weighted by Crippen LogP contribution is 2.28. The summed E-state index contributed by atoms with van der Waals surface area (Å²) in [5.41, 5.74) is 0.342. The largest absolute Gasteiger partial charge is 0.440 e. The van der Waals surface area contributed by atoms with Crippen LogP contribution in [0.2, 0.25) is 0 Å². The molecule has 2 heterocycles. The van der Waals surface area contributed by atoms with Crippen molar-refractivity contribution in [3.05, 3.63) is 53.7 Å². The molecule has 5 nitrogen and oxygen atoms in total. The van der Waals surface area contributed by atoms with Gasteiger partial charge in [-0.2, -0.15) is 13.2 Å². The van der Waals surface area contributed by atoms with Crippen LogP contribution in [0.5, 0.6) is 0 Å². The average molecular weight is 363 g/mol. The molecule has 0 saturated carbocycles. The molecule has 0 saturated heterocycles. The Balaban J connectivity index is 1.80. The van der Waals surface area contributed by atoms with Gasteiger partial charge >= 0.3 is 6.18 Å². The van der Waals surface area contributed by atoms with Crippen LogP contribution in [0.3, 0.4) is 0 Å². The molecule has 0 fully saturated rings. The van der Waals surface area contributed by atoms with E-state index in [-0.39, 0.29) is 11.0 Å². The van der Waals surface area contributed by atoms with Gasteiger partial charge in [-0.3, -0.25) is 9.78 Å². The van der Waals surface area contributed by atoms with Gasteiger partial charge in [0, 0.05) is 17.3 Å². The fraction of sp³-hybridized carbons (Fsp3) is 0.278. The maximum absolute atomic E-state index is 12.5. The quantitative estimate of drug-likeness (QED) is 0.711. The summed E-state index contributed by atoms with van der Waals surface area (Å²) in [6.07, 6.45) is -3.65. The molecule has 8 heteroatoms. The zero-order valence-corrected chi connectivity index (χ0v) is 14.3. The summed E-state index contributed by atoms with van der Waals surface area (Å²) >= 11 is 0. The fourth-order valence-electron chi connectivity index (χ4n) is 2.23. The summed E-state index contributed by atoms with van der Waals surface area (Å²) in [4.78, 5) is 19.9. The first-order valence-electron chi connectivity index (χ1n) is 7.80. The molecule has 0 spiro atoms. The van der Waals surface area contributed by atoms with Gasteiger partial charge in [0.1, 0.15) is 11.2 Å². The summed E-state index contributed by atoms with van der Waals surface area (Å²) in [5, 5.41) is 2.61. The number of alkyl halides is 3. The molecule has 0 radical (unpaired) electrons. The minimum atomic E-state index is -4.54. The predicted molar refractivity (Wildman–Crippen MR) is 89.9 cm³/mol. The second kappa shape index (κ2) is 6.12. The van der Waals surface area contributed by atoms with Gasteiger partial charge in [-0.1, -0.05) is 20.8 Å². The SMILES string of the molecule is CC(C)(C)c1nc2cc(NC(=O)c3ccc(C(F)(F)F)nc3)ccc2o1. The van der Waals surface area contributed by atoms with Gasteiger partial charge in [0.15, 0.2) is 5.58 Å². The zero-order chi connectivity index (χ0) is 19.1. The van der Waals surface area contributed by atoms with Gasteiger partial charge in [0.2, 0.25) is 5.89 Å². The first-order chi connectivity index (χ1) is 12.0. The number of benzene rings is 1. The Morgan fingerprint density at radius 1 is 1.12 bits per heavy atom. The molecule has 136 valence electrons. The summed E-state index contributed by atoms with van der Waals surface area (Å²) in [5.74, 6) is 0.00744. The van der Waals surface area contributed by atoms with Crippen molar-refractivity contribution in [2.24, 2.45) is 0 Å². The monoisotopic (exact) mass is 363 g/mol. The molecule has 3 rings (SSSR count). The molecule has 1 N–H and O–H groups in total. The summed E-state index contributed by atoms with van der Waals surface area (Å²) in [7, 11) is 0. The lowest BCUT2D eigenvalue weighted by molar-refractivity contribution is -0.141. The number of carbonyl (C=O) groups excluding carboxylic acids is 1. The number of nitrogens with zero attached hydrogens (tertiary/aromatic N) is 2. The summed E-state index contributed by atoms with van der Waals surface area (Å²) < 4.78 is 43.3. The van der Waals surface area contributed by atoms with Crippen LogP contribution in [0.1, 0.15) is 42.7 Å². The van der Waals surface area contributed by atoms with Crippen LogP contribution in [0, 0.1) is 0 Å². The first-order valence-corrected chi connectivity index (χ1v) is 7.80. The van der Waals surface area contributed by atoms with E-state index in [9.17, 15) is 18.0 Å². The number of hydrogen-bond donors (Lipinski definition) is 1. The molecule has 3 aromatic rings. The van der Waals surface area contributed by atoms with Crippen molar-refractivity contribution in [2.45, 2.75) is 32.4 Å². The highest BCUT2D eigenvalue weighted by atomic mass is 19.4. The minimum Gasteiger partial charge on any atom is -0.440 e. The Labute approximate surface area is 147 Å². The molecule has 0 atom stereocenters. The second-order valence-electron chi connectivity index (χ2n) is 6.84. The Bertz CT molecular complexity index is 954. The van der Waals surface area contributed by atoms with E-state index in [4.69, 9.17) is 4.42 Å². The number of hydrogen-bond acceptors (Lipinski definition) is 4. The molecule has 0 aliphatic carbocycles. The number of pyridine rings is 1. The van der Waals surface area contributed by atoms with Crippen LogP contribution in [0.15, 0.2) is 40.9 Å². The van der Waals surface area contributed by atoms with E-state index in [0.29, 0.717) is 22.7 Å². The van der Waals surface area contributed by atoms with Gasteiger partial charge in [-0.05, 0) is 30.3 Å². The summed E-state index contributed by atoms with van der Waals surface area (Å²) in [6, 6.07) is 6.81. The maximum Gasteiger partial charge on any atom is 0.433 e. The van der Waals surface area contributed by atoms with E-state index in [1.165, 1.54) is 0 Å².